The Bertz CT molecular complexity index is 366. The average Bonchev–Trinajstić information content (AvgIpc) is 2.26. The van der Waals surface area contributed by atoms with E-state index in [-0.39, 0.29) is 11.5 Å². The molecule has 0 aliphatic carbocycles. The molecule has 3 heteroatoms. The predicted octanol–water partition coefficient (Wildman–Crippen LogP) is 2.97. The number of pyridine rings is 1. The van der Waals surface area contributed by atoms with Gasteiger partial charge in [0.25, 0.3) is 0 Å². The zero-order valence-corrected chi connectivity index (χ0v) is 11.9. The summed E-state index contributed by atoms with van der Waals surface area (Å²) >= 11 is 0. The maximum absolute atomic E-state index is 5.90. The van der Waals surface area contributed by atoms with Crippen molar-refractivity contribution in [3.63, 3.8) is 0 Å². The number of aromatic nitrogens is 1. The third kappa shape index (κ3) is 3.43. The van der Waals surface area contributed by atoms with Crippen LogP contribution in [0.1, 0.15) is 46.2 Å². The molecule has 2 unspecified atom stereocenters. The van der Waals surface area contributed by atoms with Gasteiger partial charge in [-0.15, -0.1) is 0 Å². The smallest absolute Gasteiger partial charge is 0.128 e. The molecule has 0 amide bonds. The van der Waals surface area contributed by atoms with Gasteiger partial charge in [0.1, 0.15) is 5.82 Å². The molecular formula is C14H25N3. The molecule has 0 radical (unpaired) electrons. The van der Waals surface area contributed by atoms with Crippen molar-refractivity contribution in [3.05, 3.63) is 23.9 Å². The van der Waals surface area contributed by atoms with Gasteiger partial charge in [0, 0.05) is 25.3 Å². The quantitative estimate of drug-likeness (QED) is 0.875. The molecule has 0 aliphatic rings. The molecule has 96 valence electrons. The Balaban J connectivity index is 2.96. The number of hydrogen-bond acceptors (Lipinski definition) is 3. The molecule has 0 fully saturated rings. The molecule has 17 heavy (non-hydrogen) atoms. The van der Waals surface area contributed by atoms with Gasteiger partial charge in [-0.1, -0.05) is 20.8 Å². The first-order valence-corrected chi connectivity index (χ1v) is 6.18. The first kappa shape index (κ1) is 14.0. The van der Waals surface area contributed by atoms with Crippen molar-refractivity contribution >= 4 is 5.82 Å². The highest BCUT2D eigenvalue weighted by Crippen LogP contribution is 2.27. The second-order valence-corrected chi connectivity index (χ2v) is 5.89. The summed E-state index contributed by atoms with van der Waals surface area (Å²) in [4.78, 5) is 6.64. The van der Waals surface area contributed by atoms with Crippen LogP contribution in [0.3, 0.4) is 0 Å². The Morgan fingerprint density at radius 1 is 1.29 bits per heavy atom. The Morgan fingerprint density at radius 2 is 1.88 bits per heavy atom. The SMILES string of the molecule is CC(N)c1ccnc(N(C)C(C)C(C)(C)C)c1. The number of hydrogen-bond donors (Lipinski definition) is 1. The second kappa shape index (κ2) is 5.05. The van der Waals surface area contributed by atoms with Gasteiger partial charge in [-0.25, -0.2) is 4.98 Å². The van der Waals surface area contributed by atoms with Gasteiger partial charge in [-0.05, 0) is 37.0 Å². The van der Waals surface area contributed by atoms with E-state index in [9.17, 15) is 0 Å². The van der Waals surface area contributed by atoms with Gasteiger partial charge in [0.2, 0.25) is 0 Å². The van der Waals surface area contributed by atoms with Crippen LogP contribution >= 0.6 is 0 Å². The summed E-state index contributed by atoms with van der Waals surface area (Å²) in [5.74, 6) is 0.988. The highest BCUT2D eigenvalue weighted by atomic mass is 15.2. The summed E-state index contributed by atoms with van der Waals surface area (Å²) in [5, 5.41) is 0. The molecule has 0 saturated carbocycles. The fourth-order valence-corrected chi connectivity index (χ4v) is 1.69. The van der Waals surface area contributed by atoms with Gasteiger partial charge >= 0.3 is 0 Å². The molecule has 3 nitrogen and oxygen atoms in total. The van der Waals surface area contributed by atoms with Crippen molar-refractivity contribution in [2.75, 3.05) is 11.9 Å². The van der Waals surface area contributed by atoms with Crippen molar-refractivity contribution in [1.82, 2.24) is 4.98 Å². The van der Waals surface area contributed by atoms with Crippen LogP contribution in [0.15, 0.2) is 18.3 Å². The fraction of sp³-hybridized carbons (Fsp3) is 0.643. The maximum atomic E-state index is 5.90. The first-order chi connectivity index (χ1) is 7.73. The van der Waals surface area contributed by atoms with E-state index in [1.807, 2.05) is 19.2 Å². The Hall–Kier alpha value is -1.09. The second-order valence-electron chi connectivity index (χ2n) is 5.89. The summed E-state index contributed by atoms with van der Waals surface area (Å²) in [7, 11) is 2.09. The summed E-state index contributed by atoms with van der Waals surface area (Å²) in [6, 6.07) is 4.52. The van der Waals surface area contributed by atoms with Crippen LogP contribution in [-0.2, 0) is 0 Å². The minimum Gasteiger partial charge on any atom is -0.356 e. The normalized spacial score (nSPS) is 15.5. The molecule has 1 aromatic rings. The number of nitrogens with zero attached hydrogens (tertiary/aromatic N) is 2. The number of nitrogens with two attached hydrogens (primary N) is 1. The third-order valence-electron chi connectivity index (χ3n) is 3.49. The van der Waals surface area contributed by atoms with Crippen LogP contribution < -0.4 is 10.6 Å². The van der Waals surface area contributed by atoms with Crippen LogP contribution in [0.5, 0.6) is 0 Å². The molecule has 0 aliphatic heterocycles. The van der Waals surface area contributed by atoms with Gasteiger partial charge < -0.3 is 10.6 Å². The van der Waals surface area contributed by atoms with E-state index in [0.717, 1.165) is 11.4 Å². The Kier molecular flexibility index (Phi) is 4.15. The van der Waals surface area contributed by atoms with Gasteiger partial charge in [0.05, 0.1) is 0 Å². The van der Waals surface area contributed by atoms with E-state index in [1.54, 1.807) is 0 Å². The monoisotopic (exact) mass is 235 g/mol. The minimum atomic E-state index is 0.0510. The molecular weight excluding hydrogens is 210 g/mol. The van der Waals surface area contributed by atoms with Crippen LogP contribution in [-0.4, -0.2) is 18.1 Å². The lowest BCUT2D eigenvalue weighted by Crippen LogP contribution is -2.39. The highest BCUT2D eigenvalue weighted by molar-refractivity contribution is 5.42. The van der Waals surface area contributed by atoms with E-state index in [4.69, 9.17) is 5.73 Å². The standard InChI is InChI=1S/C14H25N3/c1-10(15)12-7-8-16-13(9-12)17(6)11(2)14(3,4)5/h7-11H,15H2,1-6H3. The average molecular weight is 235 g/mol. The number of rotatable bonds is 3. The lowest BCUT2D eigenvalue weighted by molar-refractivity contribution is 0.328. The topological polar surface area (TPSA) is 42.1 Å². The van der Waals surface area contributed by atoms with Crippen molar-refractivity contribution in [2.24, 2.45) is 11.1 Å². The summed E-state index contributed by atoms with van der Waals surface area (Å²) in [6.45, 7) is 10.9. The molecule has 0 spiro atoms. The van der Waals surface area contributed by atoms with Crippen LogP contribution in [0.25, 0.3) is 0 Å². The van der Waals surface area contributed by atoms with Crippen molar-refractivity contribution < 1.29 is 0 Å². The zero-order chi connectivity index (χ0) is 13.2. The van der Waals surface area contributed by atoms with Gasteiger partial charge in [-0.3, -0.25) is 0 Å². The van der Waals surface area contributed by atoms with Crippen LogP contribution in [0.2, 0.25) is 0 Å². The van der Waals surface area contributed by atoms with E-state index in [2.05, 4.69) is 50.7 Å². The molecule has 0 bridgehead atoms. The highest BCUT2D eigenvalue weighted by Gasteiger charge is 2.24. The lowest BCUT2D eigenvalue weighted by Gasteiger charge is -2.36. The molecule has 0 aromatic carbocycles. The predicted molar refractivity (Wildman–Crippen MR) is 74.2 cm³/mol. The van der Waals surface area contributed by atoms with Crippen LogP contribution in [0, 0.1) is 5.41 Å². The fourth-order valence-electron chi connectivity index (χ4n) is 1.69. The van der Waals surface area contributed by atoms with Crippen molar-refractivity contribution in [3.8, 4) is 0 Å². The van der Waals surface area contributed by atoms with Gasteiger partial charge in [0.15, 0.2) is 0 Å². The molecule has 2 atom stereocenters. The molecule has 0 saturated heterocycles. The summed E-state index contributed by atoms with van der Waals surface area (Å²) in [6.07, 6.45) is 1.83. The zero-order valence-electron chi connectivity index (χ0n) is 11.9. The van der Waals surface area contributed by atoms with E-state index in [1.165, 1.54) is 0 Å². The van der Waals surface area contributed by atoms with E-state index < -0.39 is 0 Å². The minimum absolute atomic E-state index is 0.0510. The third-order valence-corrected chi connectivity index (χ3v) is 3.49. The van der Waals surface area contributed by atoms with E-state index >= 15 is 0 Å². The maximum Gasteiger partial charge on any atom is 0.128 e. The molecule has 2 N–H and O–H groups in total. The molecule has 1 aromatic heterocycles. The Morgan fingerprint density at radius 3 is 2.35 bits per heavy atom. The first-order valence-electron chi connectivity index (χ1n) is 6.18. The van der Waals surface area contributed by atoms with Gasteiger partial charge in [-0.2, -0.15) is 0 Å². The van der Waals surface area contributed by atoms with E-state index in [0.29, 0.717) is 6.04 Å². The van der Waals surface area contributed by atoms with Crippen LogP contribution in [0.4, 0.5) is 5.82 Å². The molecule has 1 rings (SSSR count). The summed E-state index contributed by atoms with van der Waals surface area (Å²) in [5.41, 5.74) is 7.25. The largest absolute Gasteiger partial charge is 0.356 e. The number of anilines is 1. The summed E-state index contributed by atoms with van der Waals surface area (Å²) < 4.78 is 0. The van der Waals surface area contributed by atoms with Crippen molar-refractivity contribution in [2.45, 2.75) is 46.7 Å². The molecule has 1 heterocycles. The Labute approximate surface area is 105 Å². The van der Waals surface area contributed by atoms with Crippen molar-refractivity contribution in [1.29, 1.82) is 0 Å². The lowest BCUT2D eigenvalue weighted by atomic mass is 9.87.